The number of hydrogen-bond acceptors (Lipinski definition) is 7. The highest BCUT2D eigenvalue weighted by Gasteiger charge is 2.39. The van der Waals surface area contributed by atoms with E-state index < -0.39 is 23.3 Å². The van der Waals surface area contributed by atoms with Crippen molar-refractivity contribution in [3.63, 3.8) is 0 Å². The highest BCUT2D eigenvalue weighted by Crippen LogP contribution is 2.42. The van der Waals surface area contributed by atoms with Crippen molar-refractivity contribution in [2.75, 3.05) is 18.1 Å². The zero-order valence-corrected chi connectivity index (χ0v) is 27.3. The number of rotatable bonds is 10. The summed E-state index contributed by atoms with van der Waals surface area (Å²) in [5.74, 6) is -0.0255. The first kappa shape index (κ1) is 31.9. The van der Waals surface area contributed by atoms with E-state index in [1.54, 1.807) is 10.8 Å². The molecule has 2 aliphatic rings. The molecule has 0 saturated carbocycles. The molecule has 2 aromatic rings. The molecule has 224 valence electrons. The summed E-state index contributed by atoms with van der Waals surface area (Å²) in [6.07, 6.45) is 7.18. The summed E-state index contributed by atoms with van der Waals surface area (Å²) in [4.78, 5) is 18.0. The normalized spacial score (nSPS) is 19.4. The van der Waals surface area contributed by atoms with Gasteiger partial charge < -0.3 is 9.30 Å². The summed E-state index contributed by atoms with van der Waals surface area (Å²) in [5, 5.41) is 19.7. The van der Waals surface area contributed by atoms with Gasteiger partial charge in [0.1, 0.15) is 22.6 Å². The molecule has 0 spiro atoms. The number of nitrogens with zero attached hydrogens (tertiary/aromatic N) is 4. The first-order valence-corrected chi connectivity index (χ1v) is 20.2. The van der Waals surface area contributed by atoms with E-state index in [0.717, 1.165) is 47.6 Å². The van der Waals surface area contributed by atoms with Crippen molar-refractivity contribution in [3.05, 3.63) is 58.7 Å². The lowest BCUT2D eigenvalue weighted by Crippen LogP contribution is -2.36. The highest BCUT2D eigenvalue weighted by atomic mass is 32.2. The second-order valence-corrected chi connectivity index (χ2v) is 21.7. The van der Waals surface area contributed by atoms with Crippen LogP contribution in [0.5, 0.6) is 0 Å². The number of sulfone groups is 1. The molecule has 0 N–H and O–H groups in total. The predicted molar refractivity (Wildman–Crippen MR) is 166 cm³/mol. The molecular weight excluding hydrogens is 565 g/mol. The van der Waals surface area contributed by atoms with E-state index in [-0.39, 0.29) is 60.2 Å². The van der Waals surface area contributed by atoms with Crippen molar-refractivity contribution in [3.8, 4) is 12.1 Å². The second-order valence-electron chi connectivity index (χ2n) is 13.8. The van der Waals surface area contributed by atoms with Crippen LogP contribution < -0.4 is 0 Å². The fraction of sp³-hybridized carbons (Fsp3) is 0.562. The molecule has 1 aromatic carbocycles. The Morgan fingerprint density at radius 3 is 2.45 bits per heavy atom. The lowest BCUT2D eigenvalue weighted by Gasteiger charge is -2.33. The molecule has 8 nitrogen and oxygen atoms in total. The first-order valence-electron chi connectivity index (χ1n) is 14.7. The third kappa shape index (κ3) is 7.66. The summed E-state index contributed by atoms with van der Waals surface area (Å²) in [6.45, 7) is 12.0. The number of hydrogen-bond donors (Lipinski definition) is 0. The number of carbonyl (C=O) groups excluding carboxylic acids is 1. The number of Topliss-reactive ketones (excluding diaryl/α,β-unsaturated/α-hetero) is 1. The minimum absolute atomic E-state index is 0.00306. The molecule has 1 aliphatic heterocycles. The third-order valence-corrected chi connectivity index (χ3v) is 11.9. The molecule has 1 saturated heterocycles. The number of ether oxygens (including phenoxy) is 1. The van der Waals surface area contributed by atoms with Crippen molar-refractivity contribution in [2.45, 2.75) is 90.2 Å². The molecule has 0 unspecified atom stereocenters. The van der Waals surface area contributed by atoms with E-state index in [4.69, 9.17) is 4.74 Å². The van der Waals surface area contributed by atoms with Crippen molar-refractivity contribution >= 4 is 29.3 Å². The number of benzene rings is 1. The Bertz CT molecular complexity index is 1550. The molecule has 0 radical (unpaired) electrons. The lowest BCUT2D eigenvalue weighted by molar-refractivity contribution is 0.0799. The maximum absolute atomic E-state index is 13.7. The van der Waals surface area contributed by atoms with Gasteiger partial charge in [0, 0.05) is 27.3 Å². The lowest BCUT2D eigenvalue weighted by atomic mass is 9.73. The Labute approximate surface area is 251 Å². The summed E-state index contributed by atoms with van der Waals surface area (Å²) >= 11 is 0. The maximum atomic E-state index is 13.7. The van der Waals surface area contributed by atoms with Gasteiger partial charge in [-0.25, -0.2) is 13.4 Å². The first-order chi connectivity index (χ1) is 19.7. The van der Waals surface area contributed by atoms with E-state index in [1.807, 2.05) is 24.3 Å². The van der Waals surface area contributed by atoms with Crippen LogP contribution in [0.3, 0.4) is 0 Å². The molecular formula is C32H42N4O4SSi. The molecule has 0 amide bonds. The average Bonchev–Trinajstić information content (AvgIpc) is 3.35. The van der Waals surface area contributed by atoms with Crippen molar-refractivity contribution in [1.29, 1.82) is 10.5 Å². The summed E-state index contributed by atoms with van der Waals surface area (Å²) in [6, 6.07) is 11.3. The van der Waals surface area contributed by atoms with Crippen LogP contribution in [-0.4, -0.2) is 49.9 Å². The highest BCUT2D eigenvalue weighted by molar-refractivity contribution is 7.91. The molecule has 1 aliphatic carbocycles. The van der Waals surface area contributed by atoms with Crippen molar-refractivity contribution < 1.29 is 17.9 Å². The Hall–Kier alpha value is -3.05. The van der Waals surface area contributed by atoms with Crippen LogP contribution in [0, 0.1) is 28.1 Å². The fourth-order valence-corrected chi connectivity index (χ4v) is 7.86. The Kier molecular flexibility index (Phi) is 9.32. The Balaban J connectivity index is 1.66. The van der Waals surface area contributed by atoms with Crippen LogP contribution in [0.4, 0.5) is 0 Å². The molecule has 2 heterocycles. The number of imidazole rings is 1. The Morgan fingerprint density at radius 1 is 1.14 bits per heavy atom. The quantitative estimate of drug-likeness (QED) is 0.183. The van der Waals surface area contributed by atoms with Gasteiger partial charge in [-0.1, -0.05) is 51.7 Å². The van der Waals surface area contributed by atoms with Crippen molar-refractivity contribution in [1.82, 2.24) is 9.55 Å². The number of ketones is 1. The molecule has 4 rings (SSSR count). The summed E-state index contributed by atoms with van der Waals surface area (Å²) in [7, 11) is -4.41. The standard InChI is InChI=1S/C32H42N4O4SSi/c1-31(2)10-8-24(9-11-31)28-19-26(32(22-34)12-15-41(38,39)16-13-32)7-6-25(28)18-29(37)30-35-27(20-33)21-36(30)23-40-14-17-42(3,4)5/h6-8,19,21H,9-18,23H2,1-5H3. The minimum Gasteiger partial charge on any atom is -0.361 e. The van der Waals surface area contributed by atoms with Gasteiger partial charge in [0.2, 0.25) is 5.78 Å². The predicted octanol–water partition coefficient (Wildman–Crippen LogP) is 6.06. The largest absolute Gasteiger partial charge is 0.361 e. The van der Waals surface area contributed by atoms with Gasteiger partial charge in [-0.3, -0.25) is 4.79 Å². The van der Waals surface area contributed by atoms with Crippen LogP contribution >= 0.6 is 0 Å². The van der Waals surface area contributed by atoms with Gasteiger partial charge in [0.05, 0.1) is 23.0 Å². The van der Waals surface area contributed by atoms with E-state index in [1.165, 1.54) is 0 Å². The molecule has 1 fully saturated rings. The fourth-order valence-electron chi connectivity index (χ4n) is 5.58. The maximum Gasteiger partial charge on any atom is 0.202 e. The van der Waals surface area contributed by atoms with Gasteiger partial charge in [-0.15, -0.1) is 0 Å². The molecule has 10 heteroatoms. The second kappa shape index (κ2) is 12.3. The van der Waals surface area contributed by atoms with Crippen LogP contribution in [0.1, 0.15) is 79.0 Å². The van der Waals surface area contributed by atoms with Crippen molar-refractivity contribution in [2.24, 2.45) is 5.41 Å². The van der Waals surface area contributed by atoms with Crippen LogP contribution in [-0.2, 0) is 33.1 Å². The van der Waals surface area contributed by atoms with E-state index in [2.05, 4.69) is 50.6 Å². The summed E-state index contributed by atoms with van der Waals surface area (Å²) in [5.41, 5.74) is 3.21. The van der Waals surface area contributed by atoms with E-state index in [9.17, 15) is 23.7 Å². The minimum atomic E-state index is -3.14. The smallest absolute Gasteiger partial charge is 0.202 e. The Morgan fingerprint density at radius 2 is 1.86 bits per heavy atom. The van der Waals surface area contributed by atoms with Gasteiger partial charge in [-0.2, -0.15) is 10.5 Å². The third-order valence-electron chi connectivity index (χ3n) is 8.59. The van der Waals surface area contributed by atoms with E-state index in [0.29, 0.717) is 6.61 Å². The molecule has 42 heavy (non-hydrogen) atoms. The van der Waals surface area contributed by atoms with Crippen LogP contribution in [0.25, 0.3) is 5.57 Å². The average molecular weight is 607 g/mol. The number of aromatic nitrogens is 2. The number of nitriles is 2. The molecule has 1 aromatic heterocycles. The van der Waals surface area contributed by atoms with Crippen LogP contribution in [0.2, 0.25) is 25.7 Å². The topological polar surface area (TPSA) is 126 Å². The molecule has 0 bridgehead atoms. The number of carbonyl (C=O) groups is 1. The van der Waals surface area contributed by atoms with Crippen LogP contribution in [0.15, 0.2) is 30.5 Å². The van der Waals surface area contributed by atoms with Gasteiger partial charge in [-0.05, 0) is 71.9 Å². The monoisotopic (exact) mass is 606 g/mol. The van der Waals surface area contributed by atoms with Gasteiger partial charge in [0.25, 0.3) is 0 Å². The zero-order valence-electron chi connectivity index (χ0n) is 25.5. The summed E-state index contributed by atoms with van der Waals surface area (Å²) < 4.78 is 31.8. The van der Waals surface area contributed by atoms with Gasteiger partial charge >= 0.3 is 0 Å². The zero-order chi connectivity index (χ0) is 30.8. The SMILES string of the molecule is CC1(C)CC=C(c2cc(C3(C#N)CCS(=O)(=O)CC3)ccc2CC(=O)c2nc(C#N)cn2COCC[Si](C)(C)C)CC1. The van der Waals surface area contributed by atoms with E-state index >= 15 is 0 Å². The molecule has 0 atom stereocenters. The number of allylic oxidation sites excluding steroid dienone is 2. The van der Waals surface area contributed by atoms with Gasteiger partial charge in [0.15, 0.2) is 11.5 Å².